The minimum Gasteiger partial charge on any atom is -0.326 e. The summed E-state index contributed by atoms with van der Waals surface area (Å²) in [5.41, 5.74) is 2.53. The van der Waals surface area contributed by atoms with Crippen LogP contribution in [0.1, 0.15) is 11.1 Å². The number of amides is 1. The van der Waals surface area contributed by atoms with Crippen LogP contribution >= 0.6 is 11.6 Å². The third-order valence-corrected chi connectivity index (χ3v) is 5.05. The fraction of sp³-hybridized carbons (Fsp3) is 0.133. The number of fused-ring (bicyclic) bond motifs is 1. The van der Waals surface area contributed by atoms with Gasteiger partial charge >= 0.3 is 0 Å². The first-order valence-electron chi connectivity index (χ1n) is 6.57. The quantitative estimate of drug-likeness (QED) is 0.904. The van der Waals surface area contributed by atoms with Gasteiger partial charge in [-0.3, -0.25) is 9.52 Å². The average Bonchev–Trinajstić information content (AvgIpc) is 2.81. The molecule has 0 fully saturated rings. The van der Waals surface area contributed by atoms with E-state index >= 15 is 0 Å². The fourth-order valence-electron chi connectivity index (χ4n) is 2.28. The Morgan fingerprint density at radius 3 is 2.73 bits per heavy atom. The average molecular weight is 337 g/mol. The van der Waals surface area contributed by atoms with E-state index < -0.39 is 10.0 Å². The van der Waals surface area contributed by atoms with Gasteiger partial charge < -0.3 is 5.32 Å². The van der Waals surface area contributed by atoms with Gasteiger partial charge in [0.15, 0.2) is 0 Å². The number of halogens is 1. The number of aryl methyl sites for hydroxylation is 1. The molecule has 1 aliphatic heterocycles. The highest BCUT2D eigenvalue weighted by Gasteiger charge is 2.22. The minimum atomic E-state index is -3.74. The lowest BCUT2D eigenvalue weighted by atomic mass is 10.2. The van der Waals surface area contributed by atoms with Crippen molar-refractivity contribution in [2.24, 2.45) is 0 Å². The SMILES string of the molecule is Cc1ccc(Cl)cc1NS(=O)(=O)c1ccc2c(c1)CC(=O)N2. The molecule has 3 rings (SSSR count). The van der Waals surface area contributed by atoms with Crippen LogP contribution < -0.4 is 10.0 Å². The molecule has 0 bridgehead atoms. The van der Waals surface area contributed by atoms with Crippen molar-refractivity contribution >= 4 is 38.9 Å². The molecule has 2 N–H and O–H groups in total. The van der Waals surface area contributed by atoms with Gasteiger partial charge in [0.1, 0.15) is 0 Å². The van der Waals surface area contributed by atoms with E-state index in [4.69, 9.17) is 11.6 Å². The lowest BCUT2D eigenvalue weighted by Gasteiger charge is -2.11. The van der Waals surface area contributed by atoms with E-state index in [1.807, 2.05) is 0 Å². The van der Waals surface area contributed by atoms with E-state index in [2.05, 4.69) is 10.0 Å². The van der Waals surface area contributed by atoms with Crippen LogP contribution in [0.4, 0.5) is 11.4 Å². The van der Waals surface area contributed by atoms with Gasteiger partial charge in [-0.1, -0.05) is 17.7 Å². The number of nitrogens with one attached hydrogen (secondary N) is 2. The molecule has 1 aliphatic rings. The number of sulfonamides is 1. The number of rotatable bonds is 3. The summed E-state index contributed by atoms with van der Waals surface area (Å²) in [4.78, 5) is 11.5. The molecule has 1 heterocycles. The van der Waals surface area contributed by atoms with Gasteiger partial charge in [-0.15, -0.1) is 0 Å². The first-order chi connectivity index (χ1) is 10.3. The van der Waals surface area contributed by atoms with Gasteiger partial charge in [0.25, 0.3) is 10.0 Å². The molecule has 2 aromatic rings. The second-order valence-corrected chi connectivity index (χ2v) is 7.23. The summed E-state index contributed by atoms with van der Waals surface area (Å²) in [5, 5.41) is 3.12. The largest absolute Gasteiger partial charge is 0.326 e. The molecule has 0 saturated carbocycles. The second kappa shape index (κ2) is 5.30. The number of hydrogen-bond donors (Lipinski definition) is 2. The highest BCUT2D eigenvalue weighted by atomic mass is 35.5. The molecule has 0 spiro atoms. The molecule has 0 aromatic heterocycles. The van der Waals surface area contributed by atoms with Crippen LogP contribution in [0.25, 0.3) is 0 Å². The molecule has 7 heteroatoms. The Morgan fingerprint density at radius 2 is 1.95 bits per heavy atom. The van der Waals surface area contributed by atoms with Crippen molar-refractivity contribution in [3.05, 3.63) is 52.5 Å². The molecule has 5 nitrogen and oxygen atoms in total. The first-order valence-corrected chi connectivity index (χ1v) is 8.43. The molecule has 0 atom stereocenters. The van der Waals surface area contributed by atoms with Gasteiger partial charge in [0, 0.05) is 10.7 Å². The lowest BCUT2D eigenvalue weighted by Crippen LogP contribution is -2.14. The van der Waals surface area contributed by atoms with E-state index in [1.165, 1.54) is 12.1 Å². The van der Waals surface area contributed by atoms with Gasteiger partial charge in [0.05, 0.1) is 17.0 Å². The number of carbonyl (C=O) groups excluding carboxylic acids is 1. The standard InChI is InChI=1S/C15H13ClN2O3S/c1-9-2-3-11(16)8-14(9)18-22(20,21)12-4-5-13-10(6-12)7-15(19)17-13/h2-6,8,18H,7H2,1H3,(H,17,19). The topological polar surface area (TPSA) is 75.3 Å². The van der Waals surface area contributed by atoms with Crippen molar-refractivity contribution in [2.45, 2.75) is 18.2 Å². The molecular formula is C15H13ClN2O3S. The fourth-order valence-corrected chi connectivity index (χ4v) is 3.62. The van der Waals surface area contributed by atoms with Crippen molar-refractivity contribution in [2.75, 3.05) is 10.0 Å². The third kappa shape index (κ3) is 2.80. The van der Waals surface area contributed by atoms with Crippen molar-refractivity contribution in [3.63, 3.8) is 0 Å². The van der Waals surface area contributed by atoms with Gasteiger partial charge in [-0.05, 0) is 48.4 Å². The summed E-state index contributed by atoms with van der Waals surface area (Å²) in [6, 6.07) is 9.57. The maximum atomic E-state index is 12.5. The number of benzene rings is 2. The van der Waals surface area contributed by atoms with Crippen LogP contribution in [0.2, 0.25) is 5.02 Å². The van der Waals surface area contributed by atoms with Crippen LogP contribution in [0, 0.1) is 6.92 Å². The van der Waals surface area contributed by atoms with E-state index in [0.717, 1.165) is 5.56 Å². The summed E-state index contributed by atoms with van der Waals surface area (Å²) in [6.45, 7) is 1.79. The monoisotopic (exact) mass is 336 g/mol. The second-order valence-electron chi connectivity index (χ2n) is 5.11. The Balaban J connectivity index is 1.95. The van der Waals surface area contributed by atoms with Crippen molar-refractivity contribution in [3.8, 4) is 0 Å². The van der Waals surface area contributed by atoms with E-state index in [0.29, 0.717) is 22.0 Å². The molecule has 0 radical (unpaired) electrons. The van der Waals surface area contributed by atoms with Crippen molar-refractivity contribution < 1.29 is 13.2 Å². The Kier molecular flexibility index (Phi) is 3.58. The summed E-state index contributed by atoms with van der Waals surface area (Å²) >= 11 is 5.90. The highest BCUT2D eigenvalue weighted by Crippen LogP contribution is 2.28. The van der Waals surface area contributed by atoms with Crippen LogP contribution in [0.15, 0.2) is 41.3 Å². The van der Waals surface area contributed by atoms with Crippen LogP contribution in [0.3, 0.4) is 0 Å². The molecule has 0 unspecified atom stereocenters. The van der Waals surface area contributed by atoms with Gasteiger partial charge in [-0.2, -0.15) is 0 Å². The normalized spacial score (nSPS) is 13.6. The number of carbonyl (C=O) groups is 1. The van der Waals surface area contributed by atoms with Crippen molar-refractivity contribution in [1.29, 1.82) is 0 Å². The zero-order valence-corrected chi connectivity index (χ0v) is 13.3. The van der Waals surface area contributed by atoms with Crippen LogP contribution in [0.5, 0.6) is 0 Å². The van der Waals surface area contributed by atoms with E-state index in [-0.39, 0.29) is 17.2 Å². The lowest BCUT2D eigenvalue weighted by molar-refractivity contribution is -0.115. The zero-order valence-electron chi connectivity index (χ0n) is 11.7. The van der Waals surface area contributed by atoms with Gasteiger partial charge in [-0.25, -0.2) is 8.42 Å². The Bertz CT molecular complexity index is 878. The summed E-state index contributed by atoms with van der Waals surface area (Å²) in [6.07, 6.45) is 0.189. The Morgan fingerprint density at radius 1 is 1.18 bits per heavy atom. The predicted octanol–water partition coefficient (Wildman–Crippen LogP) is 2.94. The summed E-state index contributed by atoms with van der Waals surface area (Å²) < 4.78 is 27.5. The highest BCUT2D eigenvalue weighted by molar-refractivity contribution is 7.92. The minimum absolute atomic E-state index is 0.113. The Hall–Kier alpha value is -2.05. The van der Waals surface area contributed by atoms with Crippen LogP contribution in [-0.4, -0.2) is 14.3 Å². The molecule has 2 aromatic carbocycles. The Labute approximate surface area is 133 Å². The zero-order chi connectivity index (χ0) is 15.9. The first kappa shape index (κ1) is 14.9. The molecule has 0 saturated heterocycles. The summed E-state index contributed by atoms with van der Waals surface area (Å²) in [7, 11) is -3.74. The number of anilines is 2. The smallest absolute Gasteiger partial charge is 0.261 e. The molecule has 1 amide bonds. The number of hydrogen-bond acceptors (Lipinski definition) is 3. The maximum absolute atomic E-state index is 12.5. The van der Waals surface area contributed by atoms with Crippen LogP contribution in [-0.2, 0) is 21.2 Å². The third-order valence-electron chi connectivity index (χ3n) is 3.46. The molecule has 22 heavy (non-hydrogen) atoms. The predicted molar refractivity (Wildman–Crippen MR) is 85.8 cm³/mol. The van der Waals surface area contributed by atoms with Gasteiger partial charge in [0.2, 0.25) is 5.91 Å². The van der Waals surface area contributed by atoms with E-state index in [1.54, 1.807) is 31.2 Å². The molecular weight excluding hydrogens is 324 g/mol. The maximum Gasteiger partial charge on any atom is 0.261 e. The molecule has 114 valence electrons. The summed E-state index contributed by atoms with van der Waals surface area (Å²) in [5.74, 6) is -0.136. The van der Waals surface area contributed by atoms with E-state index in [9.17, 15) is 13.2 Å². The molecule has 0 aliphatic carbocycles. The van der Waals surface area contributed by atoms with Crippen molar-refractivity contribution in [1.82, 2.24) is 0 Å².